The minimum atomic E-state index is 0.418. The van der Waals surface area contributed by atoms with Gasteiger partial charge in [0.1, 0.15) is 0 Å². The maximum Gasteiger partial charge on any atom is 0.0616 e. The lowest BCUT2D eigenvalue weighted by Gasteiger charge is -2.36. The van der Waals surface area contributed by atoms with Crippen molar-refractivity contribution in [2.24, 2.45) is 5.92 Å². The summed E-state index contributed by atoms with van der Waals surface area (Å²) in [5.74, 6) is 1.17. The second kappa shape index (κ2) is 6.23. The maximum atomic E-state index is 5.92. The summed E-state index contributed by atoms with van der Waals surface area (Å²) in [7, 11) is 2.10. The summed E-state index contributed by atoms with van der Waals surface area (Å²) in [5, 5.41) is 3.60. The third-order valence-corrected chi connectivity index (χ3v) is 5.13. The number of fused-ring (bicyclic) bond motifs is 1. The molecule has 0 spiro atoms. The van der Waals surface area contributed by atoms with Crippen LogP contribution in [-0.2, 0) is 11.2 Å². The van der Waals surface area contributed by atoms with Gasteiger partial charge >= 0.3 is 0 Å². The lowest BCUT2D eigenvalue weighted by Crippen LogP contribution is -2.43. The van der Waals surface area contributed by atoms with Crippen LogP contribution in [0, 0.1) is 5.92 Å². The molecule has 1 saturated heterocycles. The molecule has 0 aromatic carbocycles. The molecule has 2 heterocycles. The number of nitrogens with one attached hydrogen (secondary N) is 1. The van der Waals surface area contributed by atoms with Crippen molar-refractivity contribution in [1.82, 2.24) is 10.3 Å². The van der Waals surface area contributed by atoms with Gasteiger partial charge in [-0.1, -0.05) is 13.0 Å². The SMILES string of the molecule is CCC1OCCC1C(NC)C1CCCc2cccnc21. The lowest BCUT2D eigenvalue weighted by molar-refractivity contribution is 0.0739. The number of ether oxygens (including phenoxy) is 1. The normalized spacial score (nSPS) is 31.0. The van der Waals surface area contributed by atoms with Crippen LogP contribution in [0.4, 0.5) is 0 Å². The van der Waals surface area contributed by atoms with Crippen LogP contribution < -0.4 is 5.32 Å². The van der Waals surface area contributed by atoms with Crippen molar-refractivity contribution in [1.29, 1.82) is 0 Å². The number of hydrogen-bond donors (Lipinski definition) is 1. The first-order valence-electron chi connectivity index (χ1n) is 8.07. The Morgan fingerprint density at radius 2 is 2.35 bits per heavy atom. The van der Waals surface area contributed by atoms with Crippen molar-refractivity contribution >= 4 is 0 Å². The molecule has 0 radical (unpaired) electrons. The van der Waals surface area contributed by atoms with Crippen LogP contribution in [0.5, 0.6) is 0 Å². The van der Waals surface area contributed by atoms with Gasteiger partial charge in [-0.15, -0.1) is 0 Å². The van der Waals surface area contributed by atoms with E-state index in [9.17, 15) is 0 Å². The number of aryl methyl sites for hydroxylation is 1. The van der Waals surface area contributed by atoms with Gasteiger partial charge < -0.3 is 10.1 Å². The van der Waals surface area contributed by atoms with E-state index in [1.165, 1.54) is 36.9 Å². The van der Waals surface area contributed by atoms with Gasteiger partial charge in [0.05, 0.1) is 6.10 Å². The van der Waals surface area contributed by atoms with Gasteiger partial charge in [0.2, 0.25) is 0 Å². The monoisotopic (exact) mass is 274 g/mol. The Kier molecular flexibility index (Phi) is 4.37. The Bertz CT molecular complexity index is 448. The first kappa shape index (κ1) is 14.0. The zero-order valence-electron chi connectivity index (χ0n) is 12.6. The Hall–Kier alpha value is -0.930. The van der Waals surface area contributed by atoms with Crippen LogP contribution in [0.3, 0.4) is 0 Å². The van der Waals surface area contributed by atoms with E-state index >= 15 is 0 Å². The van der Waals surface area contributed by atoms with Crippen LogP contribution in [0.1, 0.15) is 49.8 Å². The zero-order valence-corrected chi connectivity index (χ0v) is 12.6. The summed E-state index contributed by atoms with van der Waals surface area (Å²) in [4.78, 5) is 4.71. The standard InChI is InChI=1S/C17H26N2O/c1-3-15-13(9-11-20-15)17(18-2)14-8-4-6-12-7-5-10-19-16(12)14/h5,7,10,13-15,17-18H,3-4,6,8-9,11H2,1-2H3. The van der Waals surface area contributed by atoms with E-state index in [1.54, 1.807) is 0 Å². The second-order valence-electron chi connectivity index (χ2n) is 6.13. The highest BCUT2D eigenvalue weighted by atomic mass is 16.5. The Morgan fingerprint density at radius 3 is 3.15 bits per heavy atom. The van der Waals surface area contributed by atoms with Crippen molar-refractivity contribution < 1.29 is 4.74 Å². The topological polar surface area (TPSA) is 34.1 Å². The van der Waals surface area contributed by atoms with E-state index < -0.39 is 0 Å². The highest BCUT2D eigenvalue weighted by molar-refractivity contribution is 5.27. The Morgan fingerprint density at radius 1 is 1.45 bits per heavy atom. The fourth-order valence-electron chi connectivity index (χ4n) is 4.20. The smallest absolute Gasteiger partial charge is 0.0616 e. The molecule has 4 atom stereocenters. The average Bonchev–Trinajstić information content (AvgIpc) is 2.97. The number of likely N-dealkylation sites (N-methyl/N-ethyl adjacent to an activating group) is 1. The van der Waals surface area contributed by atoms with Gasteiger partial charge in [-0.25, -0.2) is 0 Å². The highest BCUT2D eigenvalue weighted by Crippen LogP contribution is 2.39. The summed E-state index contributed by atoms with van der Waals surface area (Å²) < 4.78 is 5.92. The molecule has 1 aromatic rings. The van der Waals surface area contributed by atoms with E-state index in [1.807, 2.05) is 6.20 Å². The largest absolute Gasteiger partial charge is 0.378 e. The molecular formula is C17H26N2O. The predicted molar refractivity (Wildman–Crippen MR) is 80.9 cm³/mol. The summed E-state index contributed by atoms with van der Waals surface area (Å²) in [6, 6.07) is 4.82. The fraction of sp³-hybridized carbons (Fsp3) is 0.706. The number of rotatable bonds is 4. The summed E-state index contributed by atoms with van der Waals surface area (Å²) >= 11 is 0. The summed E-state index contributed by atoms with van der Waals surface area (Å²) in [5.41, 5.74) is 2.79. The van der Waals surface area contributed by atoms with Crippen LogP contribution >= 0.6 is 0 Å². The molecule has 2 aliphatic rings. The van der Waals surface area contributed by atoms with E-state index in [2.05, 4.69) is 31.4 Å². The minimum Gasteiger partial charge on any atom is -0.378 e. The molecule has 3 heteroatoms. The molecule has 1 aromatic heterocycles. The van der Waals surface area contributed by atoms with E-state index in [0.717, 1.165) is 13.0 Å². The fourth-order valence-corrected chi connectivity index (χ4v) is 4.20. The van der Waals surface area contributed by atoms with Crippen LogP contribution in [0.25, 0.3) is 0 Å². The summed E-state index contributed by atoms with van der Waals surface area (Å²) in [6.45, 7) is 3.16. The van der Waals surface area contributed by atoms with Crippen molar-refractivity contribution in [2.75, 3.05) is 13.7 Å². The minimum absolute atomic E-state index is 0.418. The number of pyridine rings is 1. The first-order valence-corrected chi connectivity index (χ1v) is 8.07. The molecule has 1 aliphatic carbocycles. The van der Waals surface area contributed by atoms with Crippen LogP contribution in [-0.4, -0.2) is 30.8 Å². The van der Waals surface area contributed by atoms with Gasteiger partial charge in [-0.2, -0.15) is 0 Å². The summed E-state index contributed by atoms with van der Waals surface area (Å²) in [6.07, 6.45) is 8.39. The second-order valence-corrected chi connectivity index (χ2v) is 6.13. The van der Waals surface area contributed by atoms with Crippen molar-refractivity contribution in [3.8, 4) is 0 Å². The number of aromatic nitrogens is 1. The van der Waals surface area contributed by atoms with E-state index in [4.69, 9.17) is 9.72 Å². The van der Waals surface area contributed by atoms with Gasteiger partial charge in [-0.05, 0) is 50.8 Å². The molecule has 3 nitrogen and oxygen atoms in total. The maximum absolute atomic E-state index is 5.92. The first-order chi connectivity index (χ1) is 9.85. The Balaban J connectivity index is 1.87. The third kappa shape index (κ3) is 2.49. The molecule has 3 rings (SSSR count). The van der Waals surface area contributed by atoms with Crippen molar-refractivity contribution in [3.63, 3.8) is 0 Å². The highest BCUT2D eigenvalue weighted by Gasteiger charge is 2.39. The molecular weight excluding hydrogens is 248 g/mol. The quantitative estimate of drug-likeness (QED) is 0.916. The molecule has 1 aliphatic heterocycles. The van der Waals surface area contributed by atoms with E-state index in [-0.39, 0.29) is 0 Å². The van der Waals surface area contributed by atoms with E-state index in [0.29, 0.717) is 24.0 Å². The predicted octanol–water partition coefficient (Wildman–Crippen LogP) is 2.90. The molecule has 0 bridgehead atoms. The van der Waals surface area contributed by atoms with Crippen LogP contribution in [0.15, 0.2) is 18.3 Å². The van der Waals surface area contributed by atoms with Crippen molar-refractivity contribution in [3.05, 3.63) is 29.6 Å². The van der Waals surface area contributed by atoms with Gasteiger partial charge in [-0.3, -0.25) is 4.98 Å². The molecule has 4 unspecified atom stereocenters. The van der Waals surface area contributed by atoms with Gasteiger partial charge in [0.25, 0.3) is 0 Å². The molecule has 20 heavy (non-hydrogen) atoms. The average molecular weight is 274 g/mol. The molecule has 1 N–H and O–H groups in total. The molecule has 110 valence electrons. The van der Waals surface area contributed by atoms with Crippen molar-refractivity contribution in [2.45, 2.75) is 57.1 Å². The third-order valence-electron chi connectivity index (χ3n) is 5.13. The van der Waals surface area contributed by atoms with Crippen LogP contribution in [0.2, 0.25) is 0 Å². The molecule has 1 fully saturated rings. The Labute approximate surface area is 122 Å². The van der Waals surface area contributed by atoms with Gasteiger partial charge in [0.15, 0.2) is 0 Å². The number of nitrogens with zero attached hydrogens (tertiary/aromatic N) is 1. The van der Waals surface area contributed by atoms with Gasteiger partial charge in [0, 0.05) is 36.4 Å². The zero-order chi connectivity index (χ0) is 13.9. The number of hydrogen-bond acceptors (Lipinski definition) is 3. The molecule has 0 saturated carbocycles. The lowest BCUT2D eigenvalue weighted by atomic mass is 9.75. The molecule has 0 amide bonds.